The summed E-state index contributed by atoms with van der Waals surface area (Å²) >= 11 is 1.55. The van der Waals surface area contributed by atoms with E-state index in [1.165, 1.54) is 20.0 Å². The fraction of sp³-hybridized carbons (Fsp3) is 0.235. The third kappa shape index (κ3) is 3.30. The van der Waals surface area contributed by atoms with Crippen molar-refractivity contribution >= 4 is 29.0 Å². The van der Waals surface area contributed by atoms with Gasteiger partial charge in [0, 0.05) is 36.7 Å². The summed E-state index contributed by atoms with van der Waals surface area (Å²) in [7, 11) is 0. The zero-order chi connectivity index (χ0) is 17.3. The number of aryl methyl sites for hydroxylation is 1. The zero-order valence-electron chi connectivity index (χ0n) is 13.5. The standard InChI is InChI=1S/C17H16N2O4S/c1-10-19-14(9-24-10)11-6-4-5-7-13(11)18-8-12-15(20)22-17(2,3)23-16(12)21/h4-9,18H,1-3H3. The summed E-state index contributed by atoms with van der Waals surface area (Å²) in [5, 5.41) is 5.89. The largest absolute Gasteiger partial charge is 0.419 e. The number of benzene rings is 1. The monoisotopic (exact) mass is 344 g/mol. The summed E-state index contributed by atoms with van der Waals surface area (Å²) in [4.78, 5) is 28.4. The number of hydrogen-bond acceptors (Lipinski definition) is 7. The van der Waals surface area contributed by atoms with E-state index in [0.717, 1.165) is 22.0 Å². The molecule has 7 heteroatoms. The minimum atomic E-state index is -1.25. The van der Waals surface area contributed by atoms with Crippen LogP contribution in [0.1, 0.15) is 18.9 Å². The van der Waals surface area contributed by atoms with Crippen molar-refractivity contribution in [3.63, 3.8) is 0 Å². The Morgan fingerprint density at radius 3 is 2.46 bits per heavy atom. The number of cyclic esters (lactones) is 2. The number of anilines is 1. The Bertz CT molecular complexity index is 817. The molecule has 1 aromatic heterocycles. The van der Waals surface area contributed by atoms with Gasteiger partial charge >= 0.3 is 11.9 Å². The second-order valence-electron chi connectivity index (χ2n) is 5.68. The number of thiazole rings is 1. The summed E-state index contributed by atoms with van der Waals surface area (Å²) < 4.78 is 10.1. The maximum absolute atomic E-state index is 12.0. The second kappa shape index (κ2) is 6.09. The Kier molecular flexibility index (Phi) is 4.11. The Morgan fingerprint density at radius 2 is 1.83 bits per heavy atom. The van der Waals surface area contributed by atoms with Gasteiger partial charge in [0.25, 0.3) is 5.79 Å². The number of hydrogen-bond donors (Lipinski definition) is 1. The van der Waals surface area contributed by atoms with Gasteiger partial charge in [-0.3, -0.25) is 0 Å². The van der Waals surface area contributed by atoms with Crippen molar-refractivity contribution in [2.75, 3.05) is 5.32 Å². The van der Waals surface area contributed by atoms with Gasteiger partial charge in [0.2, 0.25) is 0 Å². The quantitative estimate of drug-likeness (QED) is 0.523. The molecule has 1 N–H and O–H groups in total. The molecule has 0 atom stereocenters. The van der Waals surface area contributed by atoms with Crippen LogP contribution in [0.3, 0.4) is 0 Å². The average molecular weight is 344 g/mol. The Hall–Kier alpha value is -2.67. The first-order valence-corrected chi connectivity index (χ1v) is 8.18. The molecule has 0 amide bonds. The summed E-state index contributed by atoms with van der Waals surface area (Å²) in [5.41, 5.74) is 2.24. The van der Waals surface area contributed by atoms with Crippen LogP contribution in [0.5, 0.6) is 0 Å². The maximum Gasteiger partial charge on any atom is 0.350 e. The summed E-state index contributed by atoms with van der Waals surface area (Å²) in [5.74, 6) is -2.68. The van der Waals surface area contributed by atoms with E-state index < -0.39 is 17.7 Å². The molecule has 0 radical (unpaired) electrons. The molecule has 2 aromatic rings. The van der Waals surface area contributed by atoms with Gasteiger partial charge in [-0.05, 0) is 13.0 Å². The Balaban J connectivity index is 1.87. The molecule has 0 aliphatic carbocycles. The molecule has 124 valence electrons. The highest BCUT2D eigenvalue weighted by Gasteiger charge is 2.38. The molecule has 2 heterocycles. The lowest BCUT2D eigenvalue weighted by Crippen LogP contribution is -2.42. The topological polar surface area (TPSA) is 77.5 Å². The van der Waals surface area contributed by atoms with E-state index in [1.54, 1.807) is 11.3 Å². The van der Waals surface area contributed by atoms with Crippen LogP contribution >= 0.6 is 11.3 Å². The van der Waals surface area contributed by atoms with Crippen LogP contribution in [-0.4, -0.2) is 22.7 Å². The number of carbonyl (C=O) groups excluding carboxylic acids is 2. The molecule has 3 rings (SSSR count). The minimum Gasteiger partial charge on any atom is -0.419 e. The van der Waals surface area contributed by atoms with Crippen molar-refractivity contribution < 1.29 is 19.1 Å². The van der Waals surface area contributed by atoms with Gasteiger partial charge in [0.1, 0.15) is 0 Å². The van der Waals surface area contributed by atoms with E-state index in [-0.39, 0.29) is 5.57 Å². The molecule has 1 aliphatic heterocycles. The van der Waals surface area contributed by atoms with Crippen LogP contribution in [0.2, 0.25) is 0 Å². The van der Waals surface area contributed by atoms with E-state index >= 15 is 0 Å². The molecular weight excluding hydrogens is 328 g/mol. The SMILES string of the molecule is Cc1nc(-c2ccccc2NC=C2C(=O)OC(C)(C)OC2=O)cs1. The number of aromatic nitrogens is 1. The Morgan fingerprint density at radius 1 is 1.17 bits per heavy atom. The van der Waals surface area contributed by atoms with Gasteiger partial charge in [-0.15, -0.1) is 11.3 Å². The van der Waals surface area contributed by atoms with Gasteiger partial charge in [0.15, 0.2) is 5.57 Å². The molecule has 0 bridgehead atoms. The van der Waals surface area contributed by atoms with Crippen molar-refractivity contribution in [1.29, 1.82) is 0 Å². The zero-order valence-corrected chi connectivity index (χ0v) is 14.3. The predicted molar refractivity (Wildman–Crippen MR) is 90.3 cm³/mol. The minimum absolute atomic E-state index is 0.182. The van der Waals surface area contributed by atoms with Crippen LogP contribution < -0.4 is 5.32 Å². The fourth-order valence-electron chi connectivity index (χ4n) is 2.25. The lowest BCUT2D eigenvalue weighted by Gasteiger charge is -2.29. The van der Waals surface area contributed by atoms with Crippen molar-refractivity contribution in [2.24, 2.45) is 0 Å². The number of nitrogens with one attached hydrogen (secondary N) is 1. The lowest BCUT2D eigenvalue weighted by molar-refractivity contribution is -0.222. The highest BCUT2D eigenvalue weighted by atomic mass is 32.1. The number of rotatable bonds is 3. The highest BCUT2D eigenvalue weighted by molar-refractivity contribution is 7.09. The van der Waals surface area contributed by atoms with Gasteiger partial charge in [-0.25, -0.2) is 14.6 Å². The first kappa shape index (κ1) is 16.2. The third-order valence-corrected chi connectivity index (χ3v) is 4.08. The molecule has 0 spiro atoms. The molecular formula is C17H16N2O4S. The summed E-state index contributed by atoms with van der Waals surface area (Å²) in [6.07, 6.45) is 1.30. The van der Waals surface area contributed by atoms with Crippen molar-refractivity contribution in [3.05, 3.63) is 46.4 Å². The summed E-state index contributed by atoms with van der Waals surface area (Å²) in [6, 6.07) is 7.50. The second-order valence-corrected chi connectivity index (χ2v) is 6.74. The van der Waals surface area contributed by atoms with Crippen LogP contribution in [0.4, 0.5) is 5.69 Å². The number of para-hydroxylation sites is 1. The third-order valence-electron chi connectivity index (χ3n) is 3.31. The Labute approximate surface area is 143 Å². The van der Waals surface area contributed by atoms with Gasteiger partial charge in [-0.2, -0.15) is 0 Å². The number of ether oxygens (including phenoxy) is 2. The van der Waals surface area contributed by atoms with E-state index in [9.17, 15) is 9.59 Å². The van der Waals surface area contributed by atoms with Crippen LogP contribution in [0.25, 0.3) is 11.3 Å². The number of esters is 2. The highest BCUT2D eigenvalue weighted by Crippen LogP contribution is 2.29. The first-order chi connectivity index (χ1) is 11.4. The smallest absolute Gasteiger partial charge is 0.350 e. The lowest BCUT2D eigenvalue weighted by atomic mass is 10.1. The van der Waals surface area contributed by atoms with E-state index in [0.29, 0.717) is 0 Å². The van der Waals surface area contributed by atoms with Crippen molar-refractivity contribution in [3.8, 4) is 11.3 Å². The van der Waals surface area contributed by atoms with Crippen LogP contribution in [-0.2, 0) is 19.1 Å². The van der Waals surface area contributed by atoms with Gasteiger partial charge in [0.05, 0.1) is 10.7 Å². The molecule has 6 nitrogen and oxygen atoms in total. The molecule has 0 unspecified atom stereocenters. The molecule has 0 saturated carbocycles. The molecule has 1 aliphatic rings. The average Bonchev–Trinajstić information content (AvgIpc) is 2.92. The van der Waals surface area contributed by atoms with Crippen molar-refractivity contribution in [1.82, 2.24) is 4.98 Å². The van der Waals surface area contributed by atoms with Crippen LogP contribution in [0.15, 0.2) is 41.4 Å². The molecule has 24 heavy (non-hydrogen) atoms. The molecule has 1 saturated heterocycles. The maximum atomic E-state index is 12.0. The van der Waals surface area contributed by atoms with Crippen LogP contribution in [0, 0.1) is 6.92 Å². The molecule has 1 aromatic carbocycles. The van der Waals surface area contributed by atoms with Gasteiger partial charge in [-0.1, -0.05) is 18.2 Å². The van der Waals surface area contributed by atoms with Gasteiger partial charge < -0.3 is 14.8 Å². The van der Waals surface area contributed by atoms with E-state index in [1.807, 2.05) is 36.6 Å². The van der Waals surface area contributed by atoms with E-state index in [2.05, 4.69) is 10.3 Å². The summed E-state index contributed by atoms with van der Waals surface area (Å²) in [6.45, 7) is 4.95. The van der Waals surface area contributed by atoms with E-state index in [4.69, 9.17) is 9.47 Å². The fourth-order valence-corrected chi connectivity index (χ4v) is 2.86. The predicted octanol–water partition coefficient (Wildman–Crippen LogP) is 3.25. The van der Waals surface area contributed by atoms with Crippen molar-refractivity contribution in [2.45, 2.75) is 26.6 Å². The number of nitrogens with zero attached hydrogens (tertiary/aromatic N) is 1. The first-order valence-electron chi connectivity index (χ1n) is 7.31. The normalized spacial score (nSPS) is 16.4. The number of carbonyl (C=O) groups is 2. The molecule has 1 fully saturated rings.